The lowest BCUT2D eigenvalue weighted by molar-refractivity contribution is -0.384. The summed E-state index contributed by atoms with van der Waals surface area (Å²) in [6, 6.07) is 1.35. The van der Waals surface area contributed by atoms with Crippen molar-refractivity contribution in [1.82, 2.24) is 4.98 Å². The Morgan fingerprint density at radius 2 is 2.39 bits per heavy atom. The van der Waals surface area contributed by atoms with Crippen LogP contribution in [0.15, 0.2) is 16.7 Å². The highest BCUT2D eigenvalue weighted by Gasteiger charge is 2.15. The normalized spacial score (nSPS) is 10.1. The highest BCUT2D eigenvalue weighted by atomic mass is 79.9. The Bertz CT molecular complexity index is 454. The maximum atomic E-state index is 10.8. The van der Waals surface area contributed by atoms with Crippen LogP contribution >= 0.6 is 15.9 Å². The van der Waals surface area contributed by atoms with E-state index < -0.39 is 10.8 Å². The van der Waals surface area contributed by atoms with Gasteiger partial charge < -0.3 is 15.8 Å². The molecule has 1 rings (SSSR count). The average molecular weight is 319 g/mol. The van der Waals surface area contributed by atoms with Crippen molar-refractivity contribution in [3.63, 3.8) is 0 Å². The first-order valence-electron chi connectivity index (χ1n) is 4.90. The third kappa shape index (κ3) is 4.63. The van der Waals surface area contributed by atoms with E-state index in [9.17, 15) is 14.9 Å². The molecule has 0 fully saturated rings. The number of rotatable bonds is 7. The summed E-state index contributed by atoms with van der Waals surface area (Å²) in [6.07, 6.45) is 1.44. The highest BCUT2D eigenvalue weighted by molar-refractivity contribution is 9.10. The number of carbonyl (C=O) groups excluding carboxylic acids is 1. The van der Waals surface area contributed by atoms with Gasteiger partial charge in [0.05, 0.1) is 11.5 Å². The third-order valence-corrected chi connectivity index (χ3v) is 2.25. The fourth-order valence-electron chi connectivity index (χ4n) is 1.12. The van der Waals surface area contributed by atoms with Crippen molar-refractivity contribution in [2.24, 2.45) is 5.73 Å². The van der Waals surface area contributed by atoms with Gasteiger partial charge in [-0.25, -0.2) is 4.98 Å². The highest BCUT2D eigenvalue weighted by Crippen LogP contribution is 2.24. The number of nitrogens with zero attached hydrogens (tertiary/aromatic N) is 2. The number of halogens is 1. The first kappa shape index (κ1) is 14.3. The van der Waals surface area contributed by atoms with E-state index in [0.29, 0.717) is 4.47 Å². The van der Waals surface area contributed by atoms with Gasteiger partial charge in [-0.1, -0.05) is 0 Å². The molecule has 1 aromatic rings. The molecule has 0 unspecified atom stereocenters. The number of nitro groups is 1. The zero-order valence-corrected chi connectivity index (χ0v) is 10.8. The number of aromatic nitrogens is 1. The molecule has 18 heavy (non-hydrogen) atoms. The van der Waals surface area contributed by atoms with E-state index in [1.165, 1.54) is 12.3 Å². The van der Waals surface area contributed by atoms with Gasteiger partial charge in [-0.05, 0) is 15.9 Å². The van der Waals surface area contributed by atoms with Gasteiger partial charge >= 0.3 is 5.69 Å². The number of hydrogen-bond donors (Lipinski definition) is 2. The van der Waals surface area contributed by atoms with Gasteiger partial charge in [0.15, 0.2) is 0 Å². The maximum Gasteiger partial charge on any atom is 0.312 e. The van der Waals surface area contributed by atoms with Crippen molar-refractivity contribution in [2.45, 2.75) is 0 Å². The summed E-state index contributed by atoms with van der Waals surface area (Å²) in [6.45, 7) is 0.290. The lowest BCUT2D eigenvalue weighted by Crippen LogP contribution is -2.20. The summed E-state index contributed by atoms with van der Waals surface area (Å²) in [7, 11) is 0. The number of nitrogens with two attached hydrogens (primary N) is 1. The van der Waals surface area contributed by atoms with Crippen molar-refractivity contribution in [1.29, 1.82) is 0 Å². The molecule has 98 valence electrons. The second kappa shape index (κ2) is 6.87. The Morgan fingerprint density at radius 1 is 1.67 bits per heavy atom. The molecular weight excluding hydrogens is 308 g/mol. The molecule has 9 heteroatoms. The van der Waals surface area contributed by atoms with Crippen LogP contribution in [0.25, 0.3) is 0 Å². The molecule has 1 aromatic heterocycles. The first-order valence-corrected chi connectivity index (χ1v) is 5.70. The van der Waals surface area contributed by atoms with Crippen LogP contribution in [0.3, 0.4) is 0 Å². The monoisotopic (exact) mass is 318 g/mol. The zero-order chi connectivity index (χ0) is 13.5. The van der Waals surface area contributed by atoms with E-state index in [4.69, 9.17) is 10.5 Å². The molecule has 0 aliphatic heterocycles. The average Bonchev–Trinajstić information content (AvgIpc) is 2.29. The van der Waals surface area contributed by atoms with Crippen LogP contribution in [0.2, 0.25) is 0 Å². The van der Waals surface area contributed by atoms with Crippen LogP contribution in [0.1, 0.15) is 0 Å². The summed E-state index contributed by atoms with van der Waals surface area (Å²) in [5.41, 5.74) is 4.74. The second-order valence-electron chi connectivity index (χ2n) is 3.22. The van der Waals surface area contributed by atoms with Crippen LogP contribution in [-0.4, -0.2) is 35.6 Å². The predicted octanol–water partition coefficient (Wildman–Crippen LogP) is 0.666. The molecular formula is C9H11BrN4O4. The number of carbonyl (C=O) groups is 1. The topological polar surface area (TPSA) is 120 Å². The molecule has 0 spiro atoms. The zero-order valence-electron chi connectivity index (χ0n) is 9.26. The van der Waals surface area contributed by atoms with Gasteiger partial charge in [0.2, 0.25) is 11.7 Å². The van der Waals surface area contributed by atoms with Gasteiger partial charge in [0.25, 0.3) is 0 Å². The predicted molar refractivity (Wildman–Crippen MR) is 67.1 cm³/mol. The summed E-state index contributed by atoms with van der Waals surface area (Å²) in [5.74, 6) is -0.423. The molecule has 0 bridgehead atoms. The van der Waals surface area contributed by atoms with Gasteiger partial charge in [0.1, 0.15) is 6.61 Å². The molecule has 0 atom stereocenters. The standard InChI is InChI=1S/C9H11BrN4O4/c10-6-3-7(14(16)17)9(13-4-6)12-1-2-18-5-8(11)15/h3-4H,1-2,5H2,(H2,11,15)(H,12,13). The molecule has 8 nitrogen and oxygen atoms in total. The summed E-state index contributed by atoms with van der Waals surface area (Å²) in [5, 5.41) is 13.5. The quantitative estimate of drug-likeness (QED) is 0.433. The molecule has 1 heterocycles. The van der Waals surface area contributed by atoms with Crippen LogP contribution in [0.5, 0.6) is 0 Å². The molecule has 0 radical (unpaired) electrons. The van der Waals surface area contributed by atoms with Crippen LogP contribution in [-0.2, 0) is 9.53 Å². The van der Waals surface area contributed by atoms with Crippen LogP contribution < -0.4 is 11.1 Å². The Morgan fingerprint density at radius 3 is 3.00 bits per heavy atom. The van der Waals surface area contributed by atoms with Crippen molar-refractivity contribution < 1.29 is 14.5 Å². The number of nitrogens with one attached hydrogen (secondary N) is 1. The Labute approximate surface area is 111 Å². The Hall–Kier alpha value is -1.74. The molecule has 0 aromatic carbocycles. The van der Waals surface area contributed by atoms with E-state index in [1.54, 1.807) is 0 Å². The van der Waals surface area contributed by atoms with E-state index in [-0.39, 0.29) is 31.3 Å². The third-order valence-electron chi connectivity index (χ3n) is 1.81. The van der Waals surface area contributed by atoms with Crippen LogP contribution in [0.4, 0.5) is 11.5 Å². The van der Waals surface area contributed by atoms with E-state index in [2.05, 4.69) is 26.2 Å². The van der Waals surface area contributed by atoms with Gasteiger partial charge in [0, 0.05) is 23.3 Å². The number of pyridine rings is 1. The Balaban J connectivity index is 2.51. The van der Waals surface area contributed by atoms with E-state index in [0.717, 1.165) is 0 Å². The SMILES string of the molecule is NC(=O)COCCNc1ncc(Br)cc1[N+](=O)[O-]. The minimum Gasteiger partial charge on any atom is -0.370 e. The Kier molecular flexibility index (Phi) is 5.46. The fraction of sp³-hybridized carbons (Fsp3) is 0.333. The molecule has 0 saturated heterocycles. The number of hydrogen-bond acceptors (Lipinski definition) is 6. The van der Waals surface area contributed by atoms with Crippen molar-refractivity contribution in [3.8, 4) is 0 Å². The fourth-order valence-corrected chi connectivity index (χ4v) is 1.44. The molecule has 0 aliphatic carbocycles. The largest absolute Gasteiger partial charge is 0.370 e. The second-order valence-corrected chi connectivity index (χ2v) is 4.14. The van der Waals surface area contributed by atoms with Crippen molar-refractivity contribution in [2.75, 3.05) is 25.1 Å². The van der Waals surface area contributed by atoms with Crippen molar-refractivity contribution in [3.05, 3.63) is 26.9 Å². The maximum absolute atomic E-state index is 10.8. The molecule has 0 aliphatic rings. The molecule has 0 saturated carbocycles. The number of amides is 1. The smallest absolute Gasteiger partial charge is 0.312 e. The van der Waals surface area contributed by atoms with Crippen LogP contribution in [0, 0.1) is 10.1 Å². The minimum atomic E-state index is -0.567. The number of ether oxygens (including phenoxy) is 1. The summed E-state index contributed by atoms with van der Waals surface area (Å²) >= 11 is 3.10. The number of primary amides is 1. The molecule has 3 N–H and O–H groups in total. The number of anilines is 1. The summed E-state index contributed by atoms with van der Waals surface area (Å²) in [4.78, 5) is 24.5. The lowest BCUT2D eigenvalue weighted by atomic mass is 10.4. The molecule has 1 amide bonds. The van der Waals surface area contributed by atoms with Gasteiger partial charge in [-0.15, -0.1) is 0 Å². The van der Waals surface area contributed by atoms with Gasteiger partial charge in [-0.3, -0.25) is 14.9 Å². The van der Waals surface area contributed by atoms with Crippen molar-refractivity contribution >= 4 is 33.3 Å². The minimum absolute atomic E-state index is 0.140. The first-order chi connectivity index (χ1) is 8.50. The van der Waals surface area contributed by atoms with E-state index >= 15 is 0 Å². The summed E-state index contributed by atoms with van der Waals surface area (Å²) < 4.78 is 5.42. The van der Waals surface area contributed by atoms with Gasteiger partial charge in [-0.2, -0.15) is 0 Å². The van der Waals surface area contributed by atoms with E-state index in [1.807, 2.05) is 0 Å². The lowest BCUT2D eigenvalue weighted by Gasteiger charge is -2.06.